The number of likely N-dealkylation sites (tertiary alicyclic amines) is 1. The van der Waals surface area contributed by atoms with E-state index in [4.69, 9.17) is 0 Å². The van der Waals surface area contributed by atoms with Crippen molar-refractivity contribution in [1.82, 2.24) is 15.5 Å². The third-order valence-corrected chi connectivity index (χ3v) is 5.07. The smallest absolute Gasteiger partial charge is 0.0233 e. The average molecular weight is 287 g/mol. The molecule has 3 rings (SSSR count). The van der Waals surface area contributed by atoms with Crippen molar-refractivity contribution in [1.29, 1.82) is 0 Å². The fourth-order valence-corrected chi connectivity index (χ4v) is 3.66. The molecule has 116 valence electrons. The van der Waals surface area contributed by atoms with Crippen LogP contribution in [0.1, 0.15) is 31.7 Å². The summed E-state index contributed by atoms with van der Waals surface area (Å²) in [5, 5.41) is 7.41. The highest BCUT2D eigenvalue weighted by atomic mass is 15.1. The molecule has 0 amide bonds. The van der Waals surface area contributed by atoms with E-state index in [0.29, 0.717) is 0 Å². The summed E-state index contributed by atoms with van der Waals surface area (Å²) in [6.07, 6.45) is 3.87. The first-order chi connectivity index (χ1) is 10.3. The Morgan fingerprint density at radius 2 is 1.90 bits per heavy atom. The summed E-state index contributed by atoms with van der Waals surface area (Å²) in [7, 11) is 0. The molecule has 2 aliphatic heterocycles. The number of rotatable bonds is 4. The Labute approximate surface area is 129 Å². The predicted octanol–water partition coefficient (Wildman–Crippen LogP) is 2.24. The highest BCUT2D eigenvalue weighted by molar-refractivity contribution is 5.14. The molecule has 0 aliphatic carbocycles. The van der Waals surface area contributed by atoms with E-state index in [1.807, 2.05) is 0 Å². The minimum atomic E-state index is 0.719. The van der Waals surface area contributed by atoms with Crippen molar-refractivity contribution in [2.45, 2.75) is 44.8 Å². The van der Waals surface area contributed by atoms with Gasteiger partial charge in [0.25, 0.3) is 0 Å². The SMILES string of the molecule is CC1CNCCC1NC1CCN(Cc2ccccc2)CC1. The molecule has 2 aliphatic rings. The summed E-state index contributed by atoms with van der Waals surface area (Å²) < 4.78 is 0. The third-order valence-electron chi connectivity index (χ3n) is 5.07. The lowest BCUT2D eigenvalue weighted by Gasteiger charge is -2.38. The topological polar surface area (TPSA) is 27.3 Å². The highest BCUT2D eigenvalue weighted by Crippen LogP contribution is 2.17. The fraction of sp³-hybridized carbons (Fsp3) is 0.667. The Morgan fingerprint density at radius 1 is 1.14 bits per heavy atom. The first-order valence-corrected chi connectivity index (χ1v) is 8.54. The highest BCUT2D eigenvalue weighted by Gasteiger charge is 2.26. The number of nitrogens with zero attached hydrogens (tertiary/aromatic N) is 1. The van der Waals surface area contributed by atoms with Crippen LogP contribution in [-0.4, -0.2) is 43.2 Å². The van der Waals surface area contributed by atoms with E-state index in [1.54, 1.807) is 0 Å². The van der Waals surface area contributed by atoms with Crippen molar-refractivity contribution < 1.29 is 0 Å². The second kappa shape index (κ2) is 7.39. The van der Waals surface area contributed by atoms with E-state index >= 15 is 0 Å². The van der Waals surface area contributed by atoms with Crippen LogP contribution in [-0.2, 0) is 6.54 Å². The van der Waals surface area contributed by atoms with Crippen molar-refractivity contribution in [3.63, 3.8) is 0 Å². The summed E-state index contributed by atoms with van der Waals surface area (Å²) in [5.41, 5.74) is 1.44. The van der Waals surface area contributed by atoms with Gasteiger partial charge in [-0.05, 0) is 56.9 Å². The van der Waals surface area contributed by atoms with E-state index in [9.17, 15) is 0 Å². The Hall–Kier alpha value is -0.900. The largest absolute Gasteiger partial charge is 0.316 e. The van der Waals surface area contributed by atoms with Crippen molar-refractivity contribution in [2.24, 2.45) is 5.92 Å². The second-order valence-electron chi connectivity index (χ2n) is 6.78. The Morgan fingerprint density at radius 3 is 2.62 bits per heavy atom. The van der Waals surface area contributed by atoms with Gasteiger partial charge in [-0.2, -0.15) is 0 Å². The average Bonchev–Trinajstić information content (AvgIpc) is 2.52. The molecule has 2 unspecified atom stereocenters. The van der Waals surface area contributed by atoms with Gasteiger partial charge in [-0.3, -0.25) is 4.90 Å². The summed E-state index contributed by atoms with van der Waals surface area (Å²) in [5.74, 6) is 0.765. The molecule has 21 heavy (non-hydrogen) atoms. The van der Waals surface area contributed by atoms with Gasteiger partial charge < -0.3 is 10.6 Å². The van der Waals surface area contributed by atoms with Crippen molar-refractivity contribution in [3.8, 4) is 0 Å². The molecule has 1 aromatic rings. The molecule has 3 heteroatoms. The quantitative estimate of drug-likeness (QED) is 0.889. The minimum absolute atomic E-state index is 0.719. The first-order valence-electron chi connectivity index (χ1n) is 8.54. The maximum atomic E-state index is 3.93. The maximum absolute atomic E-state index is 3.93. The molecule has 0 bridgehead atoms. The zero-order valence-corrected chi connectivity index (χ0v) is 13.2. The lowest BCUT2D eigenvalue weighted by Crippen LogP contribution is -2.52. The van der Waals surface area contributed by atoms with Gasteiger partial charge in [0, 0.05) is 18.6 Å². The lowest BCUT2D eigenvalue weighted by molar-refractivity contribution is 0.169. The van der Waals surface area contributed by atoms with Crippen LogP contribution < -0.4 is 10.6 Å². The van der Waals surface area contributed by atoms with Crippen molar-refractivity contribution in [3.05, 3.63) is 35.9 Å². The standard InChI is InChI=1S/C18H29N3/c1-15-13-19-10-7-18(15)20-17-8-11-21(12-9-17)14-16-5-3-2-4-6-16/h2-6,15,17-20H,7-14H2,1H3. The molecular weight excluding hydrogens is 258 g/mol. The number of nitrogens with one attached hydrogen (secondary N) is 2. The molecule has 0 spiro atoms. The van der Waals surface area contributed by atoms with Gasteiger partial charge in [0.2, 0.25) is 0 Å². The predicted molar refractivity (Wildman–Crippen MR) is 88.3 cm³/mol. The molecule has 1 aromatic carbocycles. The molecule has 2 heterocycles. The lowest BCUT2D eigenvalue weighted by atomic mass is 9.93. The third kappa shape index (κ3) is 4.29. The molecule has 0 aromatic heterocycles. The van der Waals surface area contributed by atoms with E-state index in [2.05, 4.69) is 52.8 Å². The van der Waals surface area contributed by atoms with Crippen LogP contribution in [0.3, 0.4) is 0 Å². The molecule has 2 N–H and O–H groups in total. The Balaban J connectivity index is 1.42. The summed E-state index contributed by atoms with van der Waals surface area (Å²) in [6, 6.07) is 12.3. The maximum Gasteiger partial charge on any atom is 0.0233 e. The summed E-state index contributed by atoms with van der Waals surface area (Å²) in [6.45, 7) is 8.28. The monoisotopic (exact) mass is 287 g/mol. The van der Waals surface area contributed by atoms with Crippen LogP contribution in [0.25, 0.3) is 0 Å². The number of piperidine rings is 2. The number of hydrogen-bond acceptors (Lipinski definition) is 3. The van der Waals surface area contributed by atoms with Gasteiger partial charge in [0.15, 0.2) is 0 Å². The Bertz CT molecular complexity index is 412. The van der Waals surface area contributed by atoms with Crippen LogP contribution in [0.5, 0.6) is 0 Å². The number of hydrogen-bond donors (Lipinski definition) is 2. The van der Waals surface area contributed by atoms with Gasteiger partial charge in [-0.15, -0.1) is 0 Å². The van der Waals surface area contributed by atoms with Crippen molar-refractivity contribution in [2.75, 3.05) is 26.2 Å². The molecule has 0 saturated carbocycles. The van der Waals surface area contributed by atoms with E-state index in [1.165, 1.54) is 51.0 Å². The normalized spacial score (nSPS) is 28.6. The Kier molecular flexibility index (Phi) is 5.28. The second-order valence-corrected chi connectivity index (χ2v) is 6.78. The summed E-state index contributed by atoms with van der Waals surface area (Å²) >= 11 is 0. The minimum Gasteiger partial charge on any atom is -0.316 e. The zero-order valence-electron chi connectivity index (χ0n) is 13.2. The molecule has 2 fully saturated rings. The first kappa shape index (κ1) is 15.0. The van der Waals surface area contributed by atoms with Gasteiger partial charge in [-0.1, -0.05) is 37.3 Å². The van der Waals surface area contributed by atoms with Gasteiger partial charge >= 0.3 is 0 Å². The van der Waals surface area contributed by atoms with Gasteiger partial charge in [0.05, 0.1) is 0 Å². The van der Waals surface area contributed by atoms with Crippen LogP contribution in [0.4, 0.5) is 0 Å². The fourth-order valence-electron chi connectivity index (χ4n) is 3.66. The zero-order chi connectivity index (χ0) is 14.5. The molecular formula is C18H29N3. The van der Waals surface area contributed by atoms with Gasteiger partial charge in [-0.25, -0.2) is 0 Å². The van der Waals surface area contributed by atoms with Crippen LogP contribution in [0.15, 0.2) is 30.3 Å². The molecule has 0 radical (unpaired) electrons. The van der Waals surface area contributed by atoms with Gasteiger partial charge in [0.1, 0.15) is 0 Å². The van der Waals surface area contributed by atoms with E-state index in [0.717, 1.165) is 24.5 Å². The van der Waals surface area contributed by atoms with Crippen LogP contribution in [0.2, 0.25) is 0 Å². The molecule has 2 saturated heterocycles. The summed E-state index contributed by atoms with van der Waals surface area (Å²) in [4.78, 5) is 2.60. The number of benzene rings is 1. The van der Waals surface area contributed by atoms with Crippen LogP contribution >= 0.6 is 0 Å². The van der Waals surface area contributed by atoms with Crippen LogP contribution in [0, 0.1) is 5.92 Å². The van der Waals surface area contributed by atoms with E-state index < -0.39 is 0 Å². The molecule has 3 nitrogen and oxygen atoms in total. The van der Waals surface area contributed by atoms with E-state index in [-0.39, 0.29) is 0 Å². The van der Waals surface area contributed by atoms with Crippen molar-refractivity contribution >= 4 is 0 Å². The molecule has 2 atom stereocenters.